The van der Waals surface area contributed by atoms with Crippen LogP contribution in [0, 0.1) is 0 Å². The first-order valence-corrected chi connectivity index (χ1v) is 19.8. The third-order valence-corrected chi connectivity index (χ3v) is 9.20. The van der Waals surface area contributed by atoms with Gasteiger partial charge in [-0.05, 0) is 12.8 Å². The van der Waals surface area contributed by atoms with Crippen LogP contribution in [-0.2, 0) is 19.1 Å². The summed E-state index contributed by atoms with van der Waals surface area (Å²) in [7, 11) is 0. The Hall–Kier alpha value is -1.18. The van der Waals surface area contributed by atoms with Gasteiger partial charge in [0.25, 0.3) is 0 Å². The maximum Gasteiger partial charge on any atom is 0.357 e. The number of carbonyl (C=O) groups excluding carboxylic acids is 2. The van der Waals surface area contributed by atoms with Crippen LogP contribution in [0.15, 0.2) is 0 Å². The molecule has 0 radical (unpaired) electrons. The van der Waals surface area contributed by atoms with E-state index in [1.54, 1.807) is 0 Å². The largest absolute Gasteiger partial charge is 0.414 e. The van der Waals surface area contributed by atoms with Crippen molar-refractivity contribution in [2.24, 2.45) is 0 Å². The maximum atomic E-state index is 12.4. The fraction of sp³-hybridized carbons (Fsp3) is 0.949. The molecule has 0 heterocycles. The Kier molecular flexibility index (Phi) is 30.3. The van der Waals surface area contributed by atoms with Crippen molar-refractivity contribution in [1.29, 1.82) is 0 Å². The Labute approximate surface area is 284 Å². The van der Waals surface area contributed by atoms with E-state index in [4.69, 9.17) is 9.47 Å². The van der Waals surface area contributed by atoms with E-state index in [9.17, 15) is 24.9 Å². The number of aliphatic hydroxyl groups is 3. The lowest BCUT2D eigenvalue weighted by Gasteiger charge is -2.35. The topological polar surface area (TPSA) is 113 Å². The highest BCUT2D eigenvalue weighted by molar-refractivity contribution is 5.72. The molecule has 0 unspecified atom stereocenters. The van der Waals surface area contributed by atoms with E-state index < -0.39 is 23.7 Å². The average Bonchev–Trinajstić information content (AvgIpc) is 3.00. The van der Waals surface area contributed by atoms with Crippen LogP contribution in [0.1, 0.15) is 226 Å². The van der Waals surface area contributed by atoms with E-state index in [-0.39, 0.29) is 12.8 Å². The maximum absolute atomic E-state index is 12.4. The summed E-state index contributed by atoms with van der Waals surface area (Å²) in [5.74, 6) is -7.55. The summed E-state index contributed by atoms with van der Waals surface area (Å²) in [6, 6.07) is 0. The second-order valence-corrected chi connectivity index (χ2v) is 13.9. The summed E-state index contributed by atoms with van der Waals surface area (Å²) in [4.78, 5) is 24.8. The standard InChI is InChI=1S/C39H76O7/c1-4-6-8-10-12-14-16-18-20-22-24-26-28-30-32-34-36(40)45-38(3,39(42,43)44)46-37(41)35-33-31-29-27-25-23-21-19-17-15-13-11-9-7-5-2/h42-44H,4-35H2,1-3H3. The molecular formula is C39H76O7. The second kappa shape index (κ2) is 31.1. The van der Waals surface area contributed by atoms with Gasteiger partial charge in [-0.1, -0.05) is 194 Å². The molecule has 0 aliphatic rings. The van der Waals surface area contributed by atoms with E-state index >= 15 is 0 Å². The van der Waals surface area contributed by atoms with Crippen LogP contribution < -0.4 is 0 Å². The Morgan fingerprint density at radius 1 is 0.391 bits per heavy atom. The highest BCUT2D eigenvalue weighted by Crippen LogP contribution is 2.26. The first-order chi connectivity index (χ1) is 22.2. The van der Waals surface area contributed by atoms with Gasteiger partial charge in [-0.15, -0.1) is 0 Å². The lowest BCUT2D eigenvalue weighted by molar-refractivity contribution is -0.439. The van der Waals surface area contributed by atoms with Crippen molar-refractivity contribution in [3.63, 3.8) is 0 Å². The molecule has 0 atom stereocenters. The predicted octanol–water partition coefficient (Wildman–Crippen LogP) is 10.9. The first-order valence-electron chi connectivity index (χ1n) is 19.8. The molecule has 274 valence electrons. The molecule has 0 aromatic carbocycles. The molecule has 0 bridgehead atoms. The lowest BCUT2D eigenvalue weighted by Crippen LogP contribution is -2.57. The van der Waals surface area contributed by atoms with Crippen LogP contribution in [-0.4, -0.2) is 39.0 Å². The van der Waals surface area contributed by atoms with Crippen LogP contribution in [0.5, 0.6) is 0 Å². The van der Waals surface area contributed by atoms with Crippen molar-refractivity contribution in [2.45, 2.75) is 238 Å². The van der Waals surface area contributed by atoms with Crippen molar-refractivity contribution < 1.29 is 34.4 Å². The fourth-order valence-electron chi connectivity index (χ4n) is 5.98. The molecule has 3 N–H and O–H groups in total. The minimum absolute atomic E-state index is 0.0561. The Morgan fingerprint density at radius 2 is 0.587 bits per heavy atom. The summed E-state index contributed by atoms with van der Waals surface area (Å²) < 4.78 is 10.2. The molecule has 0 aromatic heterocycles. The molecule has 46 heavy (non-hydrogen) atoms. The molecule has 0 aliphatic heterocycles. The monoisotopic (exact) mass is 657 g/mol. The number of hydrogen-bond acceptors (Lipinski definition) is 7. The highest BCUT2D eigenvalue weighted by Gasteiger charge is 2.52. The van der Waals surface area contributed by atoms with E-state index in [1.165, 1.54) is 141 Å². The summed E-state index contributed by atoms with van der Waals surface area (Å²) in [5, 5.41) is 29.4. The molecule has 0 fully saturated rings. The van der Waals surface area contributed by atoms with Gasteiger partial charge in [-0.25, -0.2) is 0 Å². The lowest BCUT2D eigenvalue weighted by atomic mass is 10.0. The van der Waals surface area contributed by atoms with Gasteiger partial charge in [0.15, 0.2) is 0 Å². The van der Waals surface area contributed by atoms with Gasteiger partial charge in [-0.3, -0.25) is 9.59 Å². The summed E-state index contributed by atoms with van der Waals surface area (Å²) in [6.07, 6.45) is 36.5. The molecule has 0 amide bonds. The van der Waals surface area contributed by atoms with Crippen molar-refractivity contribution in [2.75, 3.05) is 0 Å². The number of carbonyl (C=O) groups is 2. The van der Waals surface area contributed by atoms with Gasteiger partial charge in [0, 0.05) is 19.8 Å². The van der Waals surface area contributed by atoms with Crippen molar-refractivity contribution in [1.82, 2.24) is 0 Å². The van der Waals surface area contributed by atoms with Crippen LogP contribution in [0.25, 0.3) is 0 Å². The number of unbranched alkanes of at least 4 members (excludes halogenated alkanes) is 28. The van der Waals surface area contributed by atoms with Gasteiger partial charge in [-0.2, -0.15) is 0 Å². The minimum Gasteiger partial charge on any atom is -0.414 e. The SMILES string of the molecule is CCCCCCCCCCCCCCCCCC(=O)OC(C)(OC(=O)CCCCCCCCCCCCCCCCC)C(O)(O)O. The van der Waals surface area contributed by atoms with Gasteiger partial charge < -0.3 is 24.8 Å². The average molecular weight is 657 g/mol. The van der Waals surface area contributed by atoms with Crippen LogP contribution in [0.4, 0.5) is 0 Å². The normalized spacial score (nSPS) is 12.0. The smallest absolute Gasteiger partial charge is 0.357 e. The van der Waals surface area contributed by atoms with E-state index in [0.29, 0.717) is 12.8 Å². The highest BCUT2D eigenvalue weighted by atomic mass is 16.8. The third-order valence-electron chi connectivity index (χ3n) is 9.20. The molecule has 0 rings (SSSR count). The van der Waals surface area contributed by atoms with Gasteiger partial charge in [0.05, 0.1) is 0 Å². The third kappa shape index (κ3) is 27.9. The molecule has 7 nitrogen and oxygen atoms in total. The van der Waals surface area contributed by atoms with E-state index in [0.717, 1.165) is 45.4 Å². The zero-order valence-corrected chi connectivity index (χ0v) is 30.6. The molecule has 0 saturated carbocycles. The molecule has 0 aliphatic carbocycles. The molecule has 0 saturated heterocycles. The molecular weight excluding hydrogens is 580 g/mol. The Bertz CT molecular complexity index is 640. The van der Waals surface area contributed by atoms with E-state index in [1.807, 2.05) is 0 Å². The fourth-order valence-corrected chi connectivity index (χ4v) is 5.98. The van der Waals surface area contributed by atoms with Gasteiger partial charge in [0.2, 0.25) is 0 Å². The van der Waals surface area contributed by atoms with Crippen molar-refractivity contribution in [3.8, 4) is 0 Å². The Balaban J connectivity index is 3.88. The van der Waals surface area contributed by atoms with Crippen molar-refractivity contribution >= 4 is 11.9 Å². The van der Waals surface area contributed by atoms with Crippen LogP contribution in [0.3, 0.4) is 0 Å². The quantitative estimate of drug-likeness (QED) is 0.0353. The summed E-state index contributed by atoms with van der Waals surface area (Å²) in [5.41, 5.74) is 0. The molecule has 7 heteroatoms. The molecule has 0 aromatic rings. The van der Waals surface area contributed by atoms with Gasteiger partial charge >= 0.3 is 23.7 Å². The number of esters is 2. The van der Waals surface area contributed by atoms with Crippen LogP contribution in [0.2, 0.25) is 0 Å². The second-order valence-electron chi connectivity index (χ2n) is 13.9. The zero-order valence-electron chi connectivity index (χ0n) is 30.6. The Morgan fingerprint density at radius 3 is 0.783 bits per heavy atom. The van der Waals surface area contributed by atoms with Gasteiger partial charge in [0.1, 0.15) is 0 Å². The number of hydrogen-bond donors (Lipinski definition) is 3. The van der Waals surface area contributed by atoms with Crippen molar-refractivity contribution in [3.05, 3.63) is 0 Å². The summed E-state index contributed by atoms with van der Waals surface area (Å²) >= 11 is 0. The number of ether oxygens (including phenoxy) is 2. The number of rotatable bonds is 35. The molecule has 0 spiro atoms. The first kappa shape index (κ1) is 44.8. The van der Waals surface area contributed by atoms with Crippen LogP contribution >= 0.6 is 0 Å². The predicted molar refractivity (Wildman–Crippen MR) is 189 cm³/mol. The zero-order chi connectivity index (χ0) is 34.2. The van der Waals surface area contributed by atoms with E-state index in [2.05, 4.69) is 13.8 Å². The minimum atomic E-state index is -3.50. The summed E-state index contributed by atoms with van der Waals surface area (Å²) in [6.45, 7) is 5.51.